The van der Waals surface area contributed by atoms with Gasteiger partial charge in [0.25, 0.3) is 0 Å². The van der Waals surface area contributed by atoms with Crippen LogP contribution in [-0.2, 0) is 0 Å². The number of fused-ring (bicyclic) bond motifs is 12. The Bertz CT molecular complexity index is 8920. The molecule has 0 saturated carbocycles. The van der Waals surface area contributed by atoms with Crippen LogP contribution in [0, 0.1) is 0 Å². The molecule has 3 heteroatoms. The van der Waals surface area contributed by atoms with Crippen LogP contribution in [-0.4, -0.2) is 0 Å². The van der Waals surface area contributed by atoms with Gasteiger partial charge in [-0.1, -0.05) is 358 Å². The second-order valence-corrected chi connectivity index (χ2v) is 34.6. The van der Waals surface area contributed by atoms with Crippen molar-refractivity contribution in [2.45, 2.75) is 0 Å². The van der Waals surface area contributed by atoms with Crippen LogP contribution in [0.15, 0.2) is 449 Å². The number of hydrogen-bond acceptors (Lipinski definition) is 3. The van der Waals surface area contributed by atoms with Crippen molar-refractivity contribution in [3.63, 3.8) is 0 Å². The van der Waals surface area contributed by atoms with E-state index in [0.29, 0.717) is 0 Å². The summed E-state index contributed by atoms with van der Waals surface area (Å²) < 4.78 is 20.7. The highest BCUT2D eigenvalue weighted by atomic mass is 16.5. The smallest absolute Gasteiger partial charge is 0.135 e. The molecule has 0 atom stereocenters. The number of benzene rings is 24. The van der Waals surface area contributed by atoms with E-state index < -0.39 is 0 Å². The van der Waals surface area contributed by atoms with E-state index in [1.54, 1.807) is 0 Å². The molecule has 596 valence electrons. The lowest BCUT2D eigenvalue weighted by Gasteiger charge is -2.24. The second-order valence-electron chi connectivity index (χ2n) is 34.6. The summed E-state index contributed by atoms with van der Waals surface area (Å²) in [5.74, 6) is 5.18. The van der Waals surface area contributed by atoms with Crippen LogP contribution in [0.2, 0.25) is 0 Å². The van der Waals surface area contributed by atoms with Crippen LogP contribution in [0.5, 0.6) is 34.5 Å². The number of rotatable bonds is 11. The van der Waals surface area contributed by atoms with Gasteiger partial charge in [-0.05, 0) is 311 Å². The molecule has 0 N–H and O–H groups in total. The van der Waals surface area contributed by atoms with Gasteiger partial charge in [0.05, 0.1) is 0 Å². The zero-order valence-electron chi connectivity index (χ0n) is 69.9. The normalized spacial score (nSPS) is 12.2. The van der Waals surface area contributed by atoms with Crippen molar-refractivity contribution in [3.05, 3.63) is 449 Å². The SMILES string of the molecule is c1ccc(-c2c3ccccc3c(-c3ccc(-c4ccc5c(c4)Oc4cccc6cccc-5c46)cc3)c3ccc(-c4ccc5c(-c6cccc(-c7ccc8c(c7)Oc7cccc9cc(-c%10ccc%11c(-c%12ccccc%12)c%12ccccc%12c(-c%12ccccc%12-c%12ccc%13c(c%12)Oc%12cccc%14cccc-%13c%12%14)c%11c%10)cc-8c79)c6)c6ccccc6c(-c6ccccc6)c5c4)cc23)cc1. The molecular weight excluding hydrogens is 1560 g/mol. The lowest BCUT2D eigenvalue weighted by atomic mass is 9.82. The van der Waals surface area contributed by atoms with Crippen molar-refractivity contribution in [1.82, 2.24) is 0 Å². The summed E-state index contributed by atoms with van der Waals surface area (Å²) in [5.41, 5.74) is 32.2. The van der Waals surface area contributed by atoms with E-state index in [1.165, 1.54) is 137 Å². The van der Waals surface area contributed by atoms with Crippen LogP contribution in [0.25, 0.3) is 253 Å². The Kier molecular flexibility index (Phi) is 16.2. The predicted octanol–water partition coefficient (Wildman–Crippen LogP) is 35.7. The van der Waals surface area contributed by atoms with Gasteiger partial charge in [-0.2, -0.15) is 0 Å². The molecule has 3 aliphatic rings. The van der Waals surface area contributed by atoms with E-state index in [-0.39, 0.29) is 0 Å². The largest absolute Gasteiger partial charge is 0.456 e. The fraction of sp³-hybridized carbons (Fsp3) is 0. The Morgan fingerprint density at radius 2 is 0.395 bits per heavy atom. The lowest BCUT2D eigenvalue weighted by molar-refractivity contribution is 0.487. The molecule has 24 aromatic rings. The average molecular weight is 1640 g/mol. The molecule has 24 aromatic carbocycles. The summed E-state index contributed by atoms with van der Waals surface area (Å²) in [6, 6.07) is 166. The van der Waals surface area contributed by atoms with Gasteiger partial charge in [0, 0.05) is 32.8 Å². The maximum Gasteiger partial charge on any atom is 0.135 e. The van der Waals surface area contributed by atoms with E-state index in [0.717, 1.165) is 151 Å². The minimum absolute atomic E-state index is 0.822. The molecule has 3 heterocycles. The first-order valence-electron chi connectivity index (χ1n) is 44.5. The zero-order chi connectivity index (χ0) is 84.5. The van der Waals surface area contributed by atoms with Crippen molar-refractivity contribution >= 4 is 97.0 Å². The first kappa shape index (κ1) is 72.5. The molecule has 0 unspecified atom stereocenters. The molecule has 27 rings (SSSR count). The molecule has 0 aliphatic carbocycles. The second kappa shape index (κ2) is 28.8. The topological polar surface area (TPSA) is 27.7 Å². The summed E-state index contributed by atoms with van der Waals surface area (Å²) in [6.07, 6.45) is 0. The third kappa shape index (κ3) is 11.5. The minimum atomic E-state index is 0.822. The van der Waals surface area contributed by atoms with Gasteiger partial charge in [-0.15, -0.1) is 0 Å². The summed E-state index contributed by atoms with van der Waals surface area (Å²) in [7, 11) is 0. The fourth-order valence-corrected chi connectivity index (χ4v) is 21.8. The van der Waals surface area contributed by atoms with Gasteiger partial charge in [0.1, 0.15) is 34.5 Å². The molecule has 0 amide bonds. The molecule has 0 spiro atoms. The molecule has 0 radical (unpaired) electrons. The monoisotopic (exact) mass is 1630 g/mol. The first-order valence-corrected chi connectivity index (χ1v) is 44.5. The highest BCUT2D eigenvalue weighted by molar-refractivity contribution is 6.27. The third-order valence-electron chi connectivity index (χ3n) is 27.6. The number of ether oxygens (including phenoxy) is 3. The van der Waals surface area contributed by atoms with Crippen LogP contribution in [0.1, 0.15) is 0 Å². The van der Waals surface area contributed by atoms with Crippen molar-refractivity contribution in [2.75, 3.05) is 0 Å². The quantitative estimate of drug-likeness (QED) is 0.121. The van der Waals surface area contributed by atoms with Gasteiger partial charge < -0.3 is 14.2 Å². The molecule has 0 aromatic heterocycles. The lowest BCUT2D eigenvalue weighted by Crippen LogP contribution is -1.98. The van der Waals surface area contributed by atoms with Crippen LogP contribution < -0.4 is 14.2 Å². The standard InChI is InChI=1S/C126H74O3/c1-4-24-76(25-5-1)118-103-43-16-17-44-104(103)126(96-38-11-10-37-92(96)88-59-62-94-98-46-20-31-80-33-22-48-113(124(80)98)128-117(94)74-88)111-70-85(58-65-107(111)118)91-67-90-36-23-49-114-125(90)108(71-91)95-61-55-87(73-116(95)129-114)82-34-18-35-89(66-82)122-102-42-15-14-41-101(102)121(78-28-8-3-9-29-78)110-69-84(57-64-106(110)122)83-56-63-105-109(68-83)120(77-26-6-2-7-27-77)100-40-13-12-39-99(100)119(105)81-52-50-75(51-53-81)86-54-60-93-97-45-19-30-79-32-21-47-112(123(79)97)127-115(93)72-86/h1-74H. The maximum absolute atomic E-state index is 7.15. The van der Waals surface area contributed by atoms with Crippen LogP contribution in [0.4, 0.5) is 0 Å². The predicted molar refractivity (Wildman–Crippen MR) is 540 cm³/mol. The van der Waals surface area contributed by atoms with E-state index in [2.05, 4.69) is 449 Å². The van der Waals surface area contributed by atoms with Crippen molar-refractivity contribution in [3.8, 4) is 190 Å². The van der Waals surface area contributed by atoms with Crippen molar-refractivity contribution < 1.29 is 14.2 Å². The Hall–Kier alpha value is -17.0. The first-order chi connectivity index (χ1) is 63.9. The Morgan fingerprint density at radius 1 is 0.109 bits per heavy atom. The van der Waals surface area contributed by atoms with Crippen LogP contribution >= 0.6 is 0 Å². The summed E-state index contributed by atoms with van der Waals surface area (Å²) in [4.78, 5) is 0. The van der Waals surface area contributed by atoms with Crippen molar-refractivity contribution in [1.29, 1.82) is 0 Å². The maximum atomic E-state index is 7.15. The fourth-order valence-electron chi connectivity index (χ4n) is 21.8. The van der Waals surface area contributed by atoms with Gasteiger partial charge in [-0.25, -0.2) is 0 Å². The molecule has 0 fully saturated rings. The molecule has 3 nitrogen and oxygen atoms in total. The number of hydrogen-bond donors (Lipinski definition) is 0. The summed E-state index contributed by atoms with van der Waals surface area (Å²) >= 11 is 0. The van der Waals surface area contributed by atoms with E-state index in [4.69, 9.17) is 14.2 Å². The highest BCUT2D eigenvalue weighted by Gasteiger charge is 2.30. The zero-order valence-corrected chi connectivity index (χ0v) is 69.9. The van der Waals surface area contributed by atoms with E-state index in [9.17, 15) is 0 Å². The molecular formula is C126H74O3. The van der Waals surface area contributed by atoms with Gasteiger partial charge in [0.2, 0.25) is 0 Å². The molecule has 0 bridgehead atoms. The Labute approximate surface area is 745 Å². The van der Waals surface area contributed by atoms with Gasteiger partial charge >= 0.3 is 0 Å². The van der Waals surface area contributed by atoms with Gasteiger partial charge in [-0.3, -0.25) is 0 Å². The average Bonchev–Trinajstić information content (AvgIpc) is 0.723. The third-order valence-corrected chi connectivity index (χ3v) is 27.6. The summed E-state index contributed by atoms with van der Waals surface area (Å²) in [6.45, 7) is 0. The highest BCUT2D eigenvalue weighted by Crippen LogP contribution is 2.57. The van der Waals surface area contributed by atoms with Gasteiger partial charge in [0.15, 0.2) is 0 Å². The summed E-state index contributed by atoms with van der Waals surface area (Å²) in [5, 5.41) is 21.2. The minimum Gasteiger partial charge on any atom is -0.456 e. The van der Waals surface area contributed by atoms with E-state index in [1.807, 2.05) is 0 Å². The van der Waals surface area contributed by atoms with E-state index >= 15 is 0 Å². The Morgan fingerprint density at radius 3 is 0.884 bits per heavy atom. The van der Waals surface area contributed by atoms with Crippen LogP contribution in [0.3, 0.4) is 0 Å². The van der Waals surface area contributed by atoms with Crippen molar-refractivity contribution in [2.24, 2.45) is 0 Å². The molecule has 0 saturated heterocycles. The molecule has 129 heavy (non-hydrogen) atoms. The Balaban J connectivity index is 0.566. The molecule has 3 aliphatic heterocycles.